The molecule has 0 saturated carbocycles. The zero-order valence-corrected chi connectivity index (χ0v) is 12.4. The smallest absolute Gasteiger partial charge is 0.243 e. The van der Waals surface area contributed by atoms with E-state index in [9.17, 15) is 9.18 Å². The molecule has 5 nitrogen and oxygen atoms in total. The van der Waals surface area contributed by atoms with Crippen LogP contribution in [0.4, 0.5) is 15.8 Å². The van der Waals surface area contributed by atoms with Crippen molar-refractivity contribution in [2.45, 2.75) is 0 Å². The number of hydrogen-bond donors (Lipinski definition) is 2. The molecule has 1 amide bonds. The van der Waals surface area contributed by atoms with E-state index in [1.54, 1.807) is 32.4 Å². The van der Waals surface area contributed by atoms with Gasteiger partial charge >= 0.3 is 0 Å². The van der Waals surface area contributed by atoms with Gasteiger partial charge in [-0.3, -0.25) is 4.79 Å². The summed E-state index contributed by atoms with van der Waals surface area (Å²) in [5.74, 6) is 0.659. The summed E-state index contributed by atoms with van der Waals surface area (Å²) >= 11 is 0. The van der Waals surface area contributed by atoms with E-state index in [1.165, 1.54) is 24.3 Å². The lowest BCUT2D eigenvalue weighted by molar-refractivity contribution is -0.114. The fourth-order valence-corrected chi connectivity index (χ4v) is 1.87. The third-order valence-electron chi connectivity index (χ3n) is 2.97. The first-order valence-electron chi connectivity index (χ1n) is 6.63. The van der Waals surface area contributed by atoms with E-state index >= 15 is 0 Å². The van der Waals surface area contributed by atoms with Crippen molar-refractivity contribution in [2.24, 2.45) is 0 Å². The Morgan fingerprint density at radius 2 is 1.82 bits per heavy atom. The summed E-state index contributed by atoms with van der Waals surface area (Å²) in [6.07, 6.45) is 0. The first kappa shape index (κ1) is 15.6. The van der Waals surface area contributed by atoms with Crippen molar-refractivity contribution in [1.29, 1.82) is 0 Å². The predicted octanol–water partition coefficient (Wildman–Crippen LogP) is 2.89. The Labute approximate surface area is 128 Å². The molecule has 0 aliphatic heterocycles. The van der Waals surface area contributed by atoms with Crippen molar-refractivity contribution in [3.63, 3.8) is 0 Å². The summed E-state index contributed by atoms with van der Waals surface area (Å²) in [4.78, 5) is 11.9. The zero-order valence-electron chi connectivity index (χ0n) is 12.4. The first-order chi connectivity index (χ1) is 10.6. The minimum absolute atomic E-state index is 0.0426. The lowest BCUT2D eigenvalue weighted by Gasteiger charge is -2.12. The molecule has 116 valence electrons. The molecule has 0 unspecified atom stereocenters. The molecule has 0 aromatic heterocycles. The van der Waals surface area contributed by atoms with Crippen LogP contribution >= 0.6 is 0 Å². The second-order valence-corrected chi connectivity index (χ2v) is 4.47. The highest BCUT2D eigenvalue weighted by Crippen LogP contribution is 2.28. The number of halogens is 1. The Bertz CT molecular complexity index is 644. The van der Waals surface area contributed by atoms with Crippen molar-refractivity contribution in [3.05, 3.63) is 48.3 Å². The minimum Gasteiger partial charge on any atom is -0.497 e. The first-order valence-corrected chi connectivity index (χ1v) is 6.63. The highest BCUT2D eigenvalue weighted by Gasteiger charge is 2.07. The van der Waals surface area contributed by atoms with Gasteiger partial charge in [0.2, 0.25) is 5.91 Å². The molecule has 0 atom stereocenters. The Kier molecular flexibility index (Phi) is 5.19. The summed E-state index contributed by atoms with van der Waals surface area (Å²) in [5, 5.41) is 5.64. The number of rotatable bonds is 6. The Hall–Kier alpha value is -2.76. The molecule has 2 aromatic rings. The average molecular weight is 304 g/mol. The molecule has 0 spiro atoms. The summed E-state index contributed by atoms with van der Waals surface area (Å²) in [6, 6.07) is 10.8. The van der Waals surface area contributed by atoms with Crippen LogP contribution in [-0.4, -0.2) is 26.7 Å². The molecule has 6 heteroatoms. The van der Waals surface area contributed by atoms with E-state index < -0.39 is 0 Å². The summed E-state index contributed by atoms with van der Waals surface area (Å²) in [7, 11) is 3.11. The summed E-state index contributed by atoms with van der Waals surface area (Å²) in [5.41, 5.74) is 1.18. The van der Waals surface area contributed by atoms with Gasteiger partial charge in [0.25, 0.3) is 0 Å². The topological polar surface area (TPSA) is 59.6 Å². The molecule has 0 radical (unpaired) electrons. The van der Waals surface area contributed by atoms with Crippen LogP contribution in [0.3, 0.4) is 0 Å². The van der Waals surface area contributed by atoms with Crippen LogP contribution in [0.5, 0.6) is 11.5 Å². The molecule has 0 aliphatic rings. The highest BCUT2D eigenvalue weighted by molar-refractivity contribution is 5.93. The molecule has 0 heterocycles. The molecule has 2 rings (SSSR count). The maximum atomic E-state index is 12.8. The number of methoxy groups -OCH3 is 2. The molecule has 2 aromatic carbocycles. The van der Waals surface area contributed by atoms with Crippen LogP contribution in [0.25, 0.3) is 0 Å². The molecule has 0 fully saturated rings. The van der Waals surface area contributed by atoms with Gasteiger partial charge in [-0.2, -0.15) is 0 Å². The lowest BCUT2D eigenvalue weighted by Crippen LogP contribution is -2.22. The van der Waals surface area contributed by atoms with Gasteiger partial charge in [0.1, 0.15) is 17.3 Å². The second-order valence-electron chi connectivity index (χ2n) is 4.47. The molecule has 2 N–H and O–H groups in total. The lowest BCUT2D eigenvalue weighted by atomic mass is 10.2. The quantitative estimate of drug-likeness (QED) is 0.861. The average Bonchev–Trinajstić information content (AvgIpc) is 2.54. The molecule has 0 saturated heterocycles. The number of hydrogen-bond acceptors (Lipinski definition) is 4. The van der Waals surface area contributed by atoms with Crippen molar-refractivity contribution in [2.75, 3.05) is 31.4 Å². The minimum atomic E-state index is -0.350. The van der Waals surface area contributed by atoms with Gasteiger partial charge in [-0.05, 0) is 36.4 Å². The highest BCUT2D eigenvalue weighted by atomic mass is 19.1. The normalized spacial score (nSPS) is 9.95. The van der Waals surface area contributed by atoms with Crippen molar-refractivity contribution in [1.82, 2.24) is 0 Å². The van der Waals surface area contributed by atoms with Crippen molar-refractivity contribution >= 4 is 17.3 Å². The largest absolute Gasteiger partial charge is 0.497 e. The number of anilines is 2. The van der Waals surface area contributed by atoms with Gasteiger partial charge in [-0.25, -0.2) is 4.39 Å². The Balaban J connectivity index is 1.97. The number of ether oxygens (including phenoxy) is 2. The van der Waals surface area contributed by atoms with E-state index in [0.717, 1.165) is 0 Å². The van der Waals surface area contributed by atoms with Gasteiger partial charge in [0.05, 0.1) is 26.5 Å². The second kappa shape index (κ2) is 7.31. The van der Waals surface area contributed by atoms with Crippen molar-refractivity contribution in [3.8, 4) is 11.5 Å². The van der Waals surface area contributed by atoms with Crippen LogP contribution in [0.2, 0.25) is 0 Å². The molecular formula is C16H17FN2O3. The van der Waals surface area contributed by atoms with Crippen molar-refractivity contribution < 1.29 is 18.7 Å². The SMILES string of the molecule is COc1ccc(OC)c(NCC(=O)Nc2ccc(F)cc2)c1. The Morgan fingerprint density at radius 3 is 2.45 bits per heavy atom. The number of amides is 1. The third kappa shape index (κ3) is 4.12. The van der Waals surface area contributed by atoms with E-state index in [4.69, 9.17) is 9.47 Å². The van der Waals surface area contributed by atoms with Gasteiger partial charge in [-0.15, -0.1) is 0 Å². The van der Waals surface area contributed by atoms with Crippen LogP contribution < -0.4 is 20.1 Å². The maximum Gasteiger partial charge on any atom is 0.243 e. The van der Waals surface area contributed by atoms with Gasteiger partial charge < -0.3 is 20.1 Å². The molecular weight excluding hydrogens is 287 g/mol. The van der Waals surface area contributed by atoms with Gasteiger partial charge in [-0.1, -0.05) is 0 Å². The molecule has 0 aliphatic carbocycles. The maximum absolute atomic E-state index is 12.8. The zero-order chi connectivity index (χ0) is 15.9. The fraction of sp³-hybridized carbons (Fsp3) is 0.188. The van der Waals surface area contributed by atoms with E-state index in [1.807, 2.05) is 0 Å². The van der Waals surface area contributed by atoms with Crippen LogP contribution in [0, 0.1) is 5.82 Å². The third-order valence-corrected chi connectivity index (χ3v) is 2.97. The summed E-state index contributed by atoms with van der Waals surface area (Å²) in [6.45, 7) is 0.0426. The molecule has 22 heavy (non-hydrogen) atoms. The monoisotopic (exact) mass is 304 g/mol. The predicted molar refractivity (Wildman–Crippen MR) is 83.1 cm³/mol. The number of benzene rings is 2. The Morgan fingerprint density at radius 1 is 1.09 bits per heavy atom. The van der Waals surface area contributed by atoms with Gasteiger partial charge in [0, 0.05) is 11.8 Å². The number of carbonyl (C=O) groups is 1. The fourth-order valence-electron chi connectivity index (χ4n) is 1.87. The number of nitrogens with one attached hydrogen (secondary N) is 2. The van der Waals surface area contributed by atoms with Crippen LogP contribution in [0.1, 0.15) is 0 Å². The van der Waals surface area contributed by atoms with Crippen LogP contribution in [0.15, 0.2) is 42.5 Å². The molecule has 0 bridgehead atoms. The van der Waals surface area contributed by atoms with Crippen LogP contribution in [-0.2, 0) is 4.79 Å². The van der Waals surface area contributed by atoms with E-state index in [0.29, 0.717) is 22.9 Å². The van der Waals surface area contributed by atoms with E-state index in [2.05, 4.69) is 10.6 Å². The van der Waals surface area contributed by atoms with E-state index in [-0.39, 0.29) is 18.3 Å². The van der Waals surface area contributed by atoms with Gasteiger partial charge in [0.15, 0.2) is 0 Å². The summed E-state index contributed by atoms with van der Waals surface area (Å²) < 4.78 is 23.2. The standard InChI is InChI=1S/C16H17FN2O3/c1-21-13-7-8-15(22-2)14(9-13)18-10-16(20)19-12-5-3-11(17)4-6-12/h3-9,18H,10H2,1-2H3,(H,19,20). The number of carbonyl (C=O) groups excluding carboxylic acids is 1.